The Hall–Kier alpha value is -2.23. The summed E-state index contributed by atoms with van der Waals surface area (Å²) in [5.41, 5.74) is 0.398. The molecule has 1 aromatic heterocycles. The van der Waals surface area contributed by atoms with Crippen LogP contribution in [-0.2, 0) is 20.8 Å². The van der Waals surface area contributed by atoms with Crippen LogP contribution < -0.4 is 4.74 Å². The predicted octanol–water partition coefficient (Wildman–Crippen LogP) is 3.79. The maximum atomic E-state index is 12.4. The summed E-state index contributed by atoms with van der Waals surface area (Å²) in [6.07, 6.45) is -0.573. The van der Waals surface area contributed by atoms with Crippen molar-refractivity contribution in [2.45, 2.75) is 39.1 Å². The zero-order valence-electron chi connectivity index (χ0n) is 16.5. The molecule has 0 bridgehead atoms. The SMILES string of the molecule is COCc1nsc(Oc2cccc([C@@H]3CN(C(=O)OC(C)(C)C)CCO3)c2)n1. The largest absolute Gasteiger partial charge is 0.444 e. The van der Waals surface area contributed by atoms with Gasteiger partial charge in [0.25, 0.3) is 5.19 Å². The third-order valence-electron chi connectivity index (χ3n) is 3.88. The zero-order valence-corrected chi connectivity index (χ0v) is 17.3. The molecule has 1 atom stereocenters. The smallest absolute Gasteiger partial charge is 0.410 e. The van der Waals surface area contributed by atoms with Crippen molar-refractivity contribution in [3.05, 3.63) is 35.7 Å². The summed E-state index contributed by atoms with van der Waals surface area (Å²) in [4.78, 5) is 18.3. The molecule has 9 heteroatoms. The van der Waals surface area contributed by atoms with Crippen LogP contribution in [0.1, 0.15) is 38.3 Å². The third kappa shape index (κ3) is 5.63. The molecule has 0 radical (unpaired) electrons. The summed E-state index contributed by atoms with van der Waals surface area (Å²) < 4.78 is 26.3. The highest BCUT2D eigenvalue weighted by atomic mass is 32.1. The number of benzene rings is 1. The van der Waals surface area contributed by atoms with Crippen molar-refractivity contribution in [2.24, 2.45) is 0 Å². The Morgan fingerprint density at radius 1 is 1.39 bits per heavy atom. The van der Waals surface area contributed by atoms with Crippen LogP contribution in [0.2, 0.25) is 0 Å². The number of rotatable bonds is 5. The zero-order chi connectivity index (χ0) is 20.1. The van der Waals surface area contributed by atoms with E-state index in [9.17, 15) is 4.79 Å². The molecule has 0 N–H and O–H groups in total. The Labute approximate surface area is 168 Å². The second kappa shape index (κ2) is 8.85. The molecule has 2 aromatic rings. The van der Waals surface area contributed by atoms with E-state index in [0.717, 1.165) is 5.56 Å². The van der Waals surface area contributed by atoms with E-state index in [1.54, 1.807) is 12.0 Å². The summed E-state index contributed by atoms with van der Waals surface area (Å²) in [6, 6.07) is 7.57. The highest BCUT2D eigenvalue weighted by molar-refractivity contribution is 7.07. The van der Waals surface area contributed by atoms with Gasteiger partial charge in [0.05, 0.1) is 13.2 Å². The summed E-state index contributed by atoms with van der Waals surface area (Å²) in [5.74, 6) is 1.22. The van der Waals surface area contributed by atoms with Crippen LogP contribution in [0.25, 0.3) is 0 Å². The molecule has 152 valence electrons. The number of morpholine rings is 1. The molecule has 0 unspecified atom stereocenters. The monoisotopic (exact) mass is 407 g/mol. The van der Waals surface area contributed by atoms with Gasteiger partial charge in [-0.15, -0.1) is 0 Å². The third-order valence-corrected chi connectivity index (χ3v) is 4.51. The molecule has 0 spiro atoms. The minimum atomic E-state index is -0.526. The van der Waals surface area contributed by atoms with Crippen LogP contribution in [0.5, 0.6) is 10.9 Å². The number of hydrogen-bond donors (Lipinski definition) is 0. The molecule has 1 aromatic carbocycles. The first-order valence-electron chi connectivity index (χ1n) is 9.03. The van der Waals surface area contributed by atoms with E-state index < -0.39 is 5.60 Å². The van der Waals surface area contributed by atoms with Crippen molar-refractivity contribution in [1.29, 1.82) is 0 Å². The van der Waals surface area contributed by atoms with Crippen LogP contribution >= 0.6 is 11.5 Å². The molecule has 1 saturated heterocycles. The van der Waals surface area contributed by atoms with Crippen molar-refractivity contribution in [3.8, 4) is 10.9 Å². The van der Waals surface area contributed by atoms with Crippen molar-refractivity contribution in [1.82, 2.24) is 14.3 Å². The number of carbonyl (C=O) groups is 1. The Kier molecular flexibility index (Phi) is 6.48. The lowest BCUT2D eigenvalue weighted by Crippen LogP contribution is -2.44. The van der Waals surface area contributed by atoms with Gasteiger partial charge in [-0.25, -0.2) is 4.79 Å². The first-order chi connectivity index (χ1) is 13.3. The van der Waals surface area contributed by atoms with Gasteiger partial charge < -0.3 is 23.8 Å². The van der Waals surface area contributed by atoms with Crippen LogP contribution in [0.4, 0.5) is 4.79 Å². The molecule has 1 aliphatic heterocycles. The van der Waals surface area contributed by atoms with E-state index in [1.165, 1.54) is 11.5 Å². The lowest BCUT2D eigenvalue weighted by molar-refractivity contribution is -0.0433. The Balaban J connectivity index is 1.66. The fourth-order valence-corrected chi connectivity index (χ4v) is 3.25. The second-order valence-electron chi connectivity index (χ2n) is 7.37. The summed E-state index contributed by atoms with van der Waals surface area (Å²) in [7, 11) is 1.59. The average Bonchev–Trinajstić information content (AvgIpc) is 3.08. The van der Waals surface area contributed by atoms with Gasteiger partial charge in [-0.05, 0) is 38.5 Å². The Morgan fingerprint density at radius 3 is 2.96 bits per heavy atom. The van der Waals surface area contributed by atoms with Gasteiger partial charge in [-0.3, -0.25) is 0 Å². The molecule has 8 nitrogen and oxygen atoms in total. The number of aromatic nitrogens is 2. The van der Waals surface area contributed by atoms with Gasteiger partial charge in [-0.2, -0.15) is 9.36 Å². The van der Waals surface area contributed by atoms with Crippen LogP contribution in [0.15, 0.2) is 24.3 Å². The minimum absolute atomic E-state index is 0.247. The van der Waals surface area contributed by atoms with Gasteiger partial charge in [0.2, 0.25) is 0 Å². The summed E-state index contributed by atoms with van der Waals surface area (Å²) in [6.45, 7) is 7.30. The van der Waals surface area contributed by atoms with Crippen LogP contribution in [0, 0.1) is 0 Å². The molecule has 2 heterocycles. The number of hydrogen-bond acceptors (Lipinski definition) is 8. The van der Waals surface area contributed by atoms with Crippen molar-refractivity contribution in [3.63, 3.8) is 0 Å². The molecule has 0 saturated carbocycles. The maximum Gasteiger partial charge on any atom is 0.410 e. The van der Waals surface area contributed by atoms with Crippen molar-refractivity contribution in [2.75, 3.05) is 26.8 Å². The second-order valence-corrected chi connectivity index (χ2v) is 8.08. The Morgan fingerprint density at radius 2 is 2.21 bits per heavy atom. The normalized spacial score (nSPS) is 17.4. The highest BCUT2D eigenvalue weighted by Gasteiger charge is 2.29. The molecule has 1 aliphatic rings. The summed E-state index contributed by atoms with van der Waals surface area (Å²) >= 11 is 1.17. The lowest BCUT2D eigenvalue weighted by Gasteiger charge is -2.34. The molecular formula is C19H25N3O5S. The molecule has 1 fully saturated rings. The van der Waals surface area contributed by atoms with Crippen molar-refractivity contribution < 1.29 is 23.7 Å². The first kappa shape index (κ1) is 20.5. The van der Waals surface area contributed by atoms with Crippen LogP contribution in [0.3, 0.4) is 0 Å². The summed E-state index contributed by atoms with van der Waals surface area (Å²) in [5, 5.41) is 0.448. The van der Waals surface area contributed by atoms with Gasteiger partial charge in [-0.1, -0.05) is 12.1 Å². The Bertz CT molecular complexity index is 805. The average molecular weight is 407 g/mol. The topological polar surface area (TPSA) is 83.0 Å². The van der Waals surface area contributed by atoms with Gasteiger partial charge in [0.1, 0.15) is 24.1 Å². The lowest BCUT2D eigenvalue weighted by atomic mass is 10.1. The molecule has 0 aliphatic carbocycles. The molecule has 28 heavy (non-hydrogen) atoms. The first-order valence-corrected chi connectivity index (χ1v) is 9.80. The molecule has 3 rings (SSSR count). The van der Waals surface area contributed by atoms with E-state index in [0.29, 0.717) is 43.1 Å². The number of nitrogens with zero attached hydrogens (tertiary/aromatic N) is 3. The van der Waals surface area contributed by atoms with Gasteiger partial charge >= 0.3 is 6.09 Å². The fourth-order valence-electron chi connectivity index (χ4n) is 2.69. The van der Waals surface area contributed by atoms with Gasteiger partial charge in [0.15, 0.2) is 5.82 Å². The number of methoxy groups -OCH3 is 1. The fraction of sp³-hybridized carbons (Fsp3) is 0.526. The highest BCUT2D eigenvalue weighted by Crippen LogP contribution is 2.29. The van der Waals surface area contributed by atoms with Crippen molar-refractivity contribution >= 4 is 17.6 Å². The maximum absolute atomic E-state index is 12.4. The van der Waals surface area contributed by atoms with E-state index in [4.69, 9.17) is 18.9 Å². The standard InChI is InChI=1S/C19H25N3O5S/c1-19(2,3)27-18(23)22-8-9-25-15(11-22)13-6-5-7-14(10-13)26-17-20-16(12-24-4)21-28-17/h5-7,10,15H,8-9,11-12H2,1-4H3/t15-/m0/s1. The predicted molar refractivity (Wildman–Crippen MR) is 104 cm³/mol. The van der Waals surface area contributed by atoms with E-state index in [1.807, 2.05) is 45.0 Å². The van der Waals surface area contributed by atoms with E-state index in [2.05, 4.69) is 9.36 Å². The number of carbonyl (C=O) groups excluding carboxylic acids is 1. The minimum Gasteiger partial charge on any atom is -0.444 e. The molecule has 1 amide bonds. The van der Waals surface area contributed by atoms with Crippen LogP contribution in [-0.4, -0.2) is 52.8 Å². The van der Waals surface area contributed by atoms with E-state index >= 15 is 0 Å². The quantitative estimate of drug-likeness (QED) is 0.746. The van der Waals surface area contributed by atoms with E-state index in [-0.39, 0.29) is 12.2 Å². The number of ether oxygens (including phenoxy) is 4. The number of amides is 1. The van der Waals surface area contributed by atoms with Gasteiger partial charge in [0, 0.05) is 25.2 Å². The molecular weight excluding hydrogens is 382 g/mol.